The first-order valence-electron chi connectivity index (χ1n) is 7.78. The molecule has 2 aromatic rings. The fourth-order valence-corrected chi connectivity index (χ4v) is 4.63. The number of fused-ring (bicyclic) bond motifs is 1. The molecule has 1 aliphatic rings. The molecule has 3 heterocycles. The van der Waals surface area contributed by atoms with Crippen molar-refractivity contribution in [3.63, 3.8) is 0 Å². The van der Waals surface area contributed by atoms with E-state index in [1.807, 2.05) is 6.92 Å². The zero-order chi connectivity index (χ0) is 17.3. The van der Waals surface area contributed by atoms with Crippen LogP contribution in [0.3, 0.4) is 0 Å². The molecule has 25 heavy (non-hydrogen) atoms. The van der Waals surface area contributed by atoms with Crippen molar-refractivity contribution < 1.29 is 8.42 Å². The van der Waals surface area contributed by atoms with Crippen molar-refractivity contribution in [2.24, 2.45) is 0 Å². The predicted molar refractivity (Wildman–Crippen MR) is 95.7 cm³/mol. The summed E-state index contributed by atoms with van der Waals surface area (Å²) in [5.41, 5.74) is -1.28. The van der Waals surface area contributed by atoms with Crippen LogP contribution in [0.2, 0.25) is 0 Å². The number of nitrogens with zero attached hydrogens (tertiary/aromatic N) is 2. The second kappa shape index (κ2) is 7.65. The van der Waals surface area contributed by atoms with Crippen molar-refractivity contribution in [3.8, 4) is 0 Å². The predicted octanol–water partition coefficient (Wildman–Crippen LogP) is -0.204. The molecule has 0 aliphatic carbocycles. The maximum absolute atomic E-state index is 13.0. The average molecular weight is 390 g/mol. The summed E-state index contributed by atoms with van der Waals surface area (Å²) in [5, 5.41) is 3.20. The number of sulfonamides is 1. The molecule has 1 atom stereocenters. The van der Waals surface area contributed by atoms with Gasteiger partial charge in [-0.2, -0.15) is 4.31 Å². The molecule has 1 unspecified atom stereocenters. The van der Waals surface area contributed by atoms with Gasteiger partial charge >= 0.3 is 5.69 Å². The lowest BCUT2D eigenvalue weighted by atomic mass is 10.2. The Kier molecular flexibility index (Phi) is 5.99. The minimum Gasteiger partial charge on any atom is -0.315 e. The Morgan fingerprint density at radius 2 is 2.08 bits per heavy atom. The van der Waals surface area contributed by atoms with Crippen LogP contribution in [0.15, 0.2) is 26.7 Å². The third-order valence-electron chi connectivity index (χ3n) is 4.06. The molecule has 1 saturated heterocycles. The number of pyridine rings is 1. The highest BCUT2D eigenvalue weighted by Gasteiger charge is 2.33. The summed E-state index contributed by atoms with van der Waals surface area (Å²) in [4.78, 5) is 31.5. The van der Waals surface area contributed by atoms with E-state index < -0.39 is 21.3 Å². The molecule has 0 radical (unpaired) electrons. The first-order valence-corrected chi connectivity index (χ1v) is 9.22. The first-order chi connectivity index (χ1) is 11.4. The van der Waals surface area contributed by atoms with Gasteiger partial charge in [-0.25, -0.2) is 18.2 Å². The van der Waals surface area contributed by atoms with E-state index in [-0.39, 0.29) is 34.4 Å². The van der Waals surface area contributed by atoms with Gasteiger partial charge in [-0.05, 0) is 25.5 Å². The number of aromatic amines is 2. The number of hydrogen-bond donors (Lipinski definition) is 3. The largest absolute Gasteiger partial charge is 0.327 e. The summed E-state index contributed by atoms with van der Waals surface area (Å²) in [5.74, 6) is 0. The van der Waals surface area contributed by atoms with Gasteiger partial charge in [0.1, 0.15) is 10.5 Å². The maximum atomic E-state index is 13.0. The van der Waals surface area contributed by atoms with Gasteiger partial charge < -0.3 is 5.32 Å². The Bertz CT molecular complexity index is 965. The third kappa shape index (κ3) is 3.76. The van der Waals surface area contributed by atoms with Gasteiger partial charge in [0.25, 0.3) is 5.56 Å². The standard InChI is InChI=1S/C14H19N5O4S.ClH/c1-2-5-19(9-3-4-15-7-9)24(22,23)10-6-11-12(16-8-10)17-14(21)18-13(11)20;/h6,8-9,15H,2-5,7H2,1H3,(H2,16,17,18,20,21);1H. The number of aromatic nitrogens is 3. The molecule has 3 rings (SSSR count). The van der Waals surface area contributed by atoms with Crippen LogP contribution < -0.4 is 16.6 Å². The van der Waals surface area contributed by atoms with Crippen LogP contribution in [-0.2, 0) is 10.0 Å². The van der Waals surface area contributed by atoms with E-state index >= 15 is 0 Å². The third-order valence-corrected chi connectivity index (χ3v) is 5.98. The smallest absolute Gasteiger partial charge is 0.315 e. The molecule has 0 bridgehead atoms. The SMILES string of the molecule is CCCN(C1CCNC1)S(=O)(=O)c1cnc2[nH]c(=O)[nH]c(=O)c2c1.Cl. The molecule has 2 aromatic heterocycles. The van der Waals surface area contributed by atoms with Crippen molar-refractivity contribution in [3.05, 3.63) is 33.1 Å². The van der Waals surface area contributed by atoms with E-state index in [2.05, 4.69) is 20.3 Å². The Morgan fingerprint density at radius 1 is 1.32 bits per heavy atom. The van der Waals surface area contributed by atoms with Crippen molar-refractivity contribution in [1.82, 2.24) is 24.6 Å². The average Bonchev–Trinajstić information content (AvgIpc) is 3.05. The van der Waals surface area contributed by atoms with E-state index in [0.717, 1.165) is 13.0 Å². The lowest BCUT2D eigenvalue weighted by Crippen LogP contribution is -2.42. The highest BCUT2D eigenvalue weighted by molar-refractivity contribution is 7.89. The van der Waals surface area contributed by atoms with Crippen molar-refractivity contribution in [1.29, 1.82) is 0 Å². The summed E-state index contributed by atoms with van der Waals surface area (Å²) < 4.78 is 27.5. The Balaban J connectivity index is 0.00000225. The number of H-pyrrole nitrogens is 2. The topological polar surface area (TPSA) is 128 Å². The van der Waals surface area contributed by atoms with Crippen LogP contribution in [0, 0.1) is 0 Å². The minimum absolute atomic E-state index is 0. The Morgan fingerprint density at radius 3 is 2.72 bits per heavy atom. The van der Waals surface area contributed by atoms with Crippen LogP contribution in [0.4, 0.5) is 0 Å². The van der Waals surface area contributed by atoms with E-state index in [0.29, 0.717) is 19.5 Å². The number of nitrogens with one attached hydrogen (secondary N) is 3. The molecule has 1 fully saturated rings. The molecule has 3 N–H and O–H groups in total. The van der Waals surface area contributed by atoms with Gasteiger partial charge in [0.05, 0.1) is 5.39 Å². The highest BCUT2D eigenvalue weighted by atomic mass is 35.5. The van der Waals surface area contributed by atoms with Crippen LogP contribution in [0.1, 0.15) is 19.8 Å². The van der Waals surface area contributed by atoms with Gasteiger partial charge in [-0.1, -0.05) is 6.92 Å². The van der Waals surface area contributed by atoms with E-state index in [1.54, 1.807) is 0 Å². The van der Waals surface area contributed by atoms with Crippen molar-refractivity contribution in [2.45, 2.75) is 30.7 Å². The summed E-state index contributed by atoms with van der Waals surface area (Å²) >= 11 is 0. The van der Waals surface area contributed by atoms with Gasteiger partial charge in [0.15, 0.2) is 0 Å². The van der Waals surface area contributed by atoms with E-state index in [9.17, 15) is 18.0 Å². The van der Waals surface area contributed by atoms with Gasteiger partial charge in [-0.15, -0.1) is 12.4 Å². The van der Waals surface area contributed by atoms with Crippen LogP contribution in [0.5, 0.6) is 0 Å². The molecule has 0 spiro atoms. The fourth-order valence-electron chi connectivity index (χ4n) is 2.91. The number of hydrogen-bond acceptors (Lipinski definition) is 6. The number of halogens is 1. The highest BCUT2D eigenvalue weighted by Crippen LogP contribution is 2.22. The van der Waals surface area contributed by atoms with Crippen molar-refractivity contribution in [2.75, 3.05) is 19.6 Å². The van der Waals surface area contributed by atoms with Gasteiger partial charge in [0.2, 0.25) is 10.0 Å². The Hall–Kier alpha value is -1.75. The zero-order valence-electron chi connectivity index (χ0n) is 13.6. The second-order valence-corrected chi connectivity index (χ2v) is 7.63. The van der Waals surface area contributed by atoms with E-state index in [4.69, 9.17) is 0 Å². The summed E-state index contributed by atoms with van der Waals surface area (Å²) in [6.07, 6.45) is 2.61. The summed E-state index contributed by atoms with van der Waals surface area (Å²) in [6.45, 7) is 3.69. The van der Waals surface area contributed by atoms with Gasteiger partial charge in [0, 0.05) is 25.3 Å². The normalized spacial score (nSPS) is 17.8. The van der Waals surface area contributed by atoms with E-state index in [1.165, 1.54) is 16.6 Å². The molecular weight excluding hydrogens is 370 g/mol. The molecule has 0 amide bonds. The van der Waals surface area contributed by atoms with Crippen LogP contribution in [0.25, 0.3) is 11.0 Å². The molecular formula is C14H20ClN5O4S. The lowest BCUT2D eigenvalue weighted by molar-refractivity contribution is 0.335. The van der Waals surface area contributed by atoms with Crippen LogP contribution in [-0.4, -0.2) is 53.4 Å². The minimum atomic E-state index is -3.78. The summed E-state index contributed by atoms with van der Waals surface area (Å²) in [6, 6.07) is 1.15. The fraction of sp³-hybridized carbons (Fsp3) is 0.500. The molecule has 0 aromatic carbocycles. The first kappa shape index (κ1) is 19.6. The number of rotatable bonds is 5. The van der Waals surface area contributed by atoms with Crippen LogP contribution >= 0.6 is 12.4 Å². The summed E-state index contributed by atoms with van der Waals surface area (Å²) in [7, 11) is -3.78. The Labute approximate surface area is 150 Å². The molecule has 9 nitrogen and oxygen atoms in total. The molecule has 0 saturated carbocycles. The van der Waals surface area contributed by atoms with Gasteiger partial charge in [-0.3, -0.25) is 14.8 Å². The quantitative estimate of drug-likeness (QED) is 0.649. The zero-order valence-corrected chi connectivity index (χ0v) is 15.2. The molecule has 138 valence electrons. The second-order valence-electron chi connectivity index (χ2n) is 5.74. The monoisotopic (exact) mass is 389 g/mol. The maximum Gasteiger partial charge on any atom is 0.327 e. The lowest BCUT2D eigenvalue weighted by Gasteiger charge is -2.27. The van der Waals surface area contributed by atoms with Crippen molar-refractivity contribution >= 4 is 33.5 Å². The molecule has 1 aliphatic heterocycles. The molecule has 11 heteroatoms.